The Balaban J connectivity index is 1.95. The molecular formula is C19H28N2O2. The molecule has 0 saturated heterocycles. The molecule has 0 heterocycles. The van der Waals surface area contributed by atoms with Crippen molar-refractivity contribution in [3.8, 4) is 0 Å². The summed E-state index contributed by atoms with van der Waals surface area (Å²) in [5, 5.41) is 3.10. The van der Waals surface area contributed by atoms with E-state index in [1.165, 1.54) is 18.4 Å². The number of hydrogen-bond donors (Lipinski definition) is 1. The summed E-state index contributed by atoms with van der Waals surface area (Å²) in [4.78, 5) is 26.4. The summed E-state index contributed by atoms with van der Waals surface area (Å²) in [7, 11) is 0. The van der Waals surface area contributed by atoms with Crippen molar-refractivity contribution in [3.63, 3.8) is 0 Å². The van der Waals surface area contributed by atoms with E-state index in [0.29, 0.717) is 13.0 Å². The third kappa shape index (κ3) is 5.08. The van der Waals surface area contributed by atoms with Crippen LogP contribution in [0.15, 0.2) is 30.3 Å². The van der Waals surface area contributed by atoms with Gasteiger partial charge in [-0.2, -0.15) is 0 Å². The fraction of sp³-hybridized carbons (Fsp3) is 0.579. The molecule has 1 aromatic rings. The Hall–Kier alpha value is -1.84. The average Bonchev–Trinajstić information content (AvgIpc) is 3.08. The molecule has 1 N–H and O–H groups in total. The van der Waals surface area contributed by atoms with Crippen molar-refractivity contribution in [2.24, 2.45) is 0 Å². The SMILES string of the molecule is CCC(=O)N(CCc1ccccc1)C(C)C(=O)NC1CCCC1. The summed E-state index contributed by atoms with van der Waals surface area (Å²) in [6, 6.07) is 9.96. The third-order valence-electron chi connectivity index (χ3n) is 4.66. The van der Waals surface area contributed by atoms with E-state index in [2.05, 4.69) is 17.4 Å². The summed E-state index contributed by atoms with van der Waals surface area (Å²) in [6.45, 7) is 4.26. The Kier molecular flexibility index (Phi) is 6.63. The Bertz CT molecular complexity index is 509. The highest BCUT2D eigenvalue weighted by atomic mass is 16.2. The van der Waals surface area contributed by atoms with Crippen LogP contribution in [0.25, 0.3) is 0 Å². The van der Waals surface area contributed by atoms with Crippen LogP contribution >= 0.6 is 0 Å². The second-order valence-electron chi connectivity index (χ2n) is 6.34. The number of carbonyl (C=O) groups is 2. The van der Waals surface area contributed by atoms with E-state index in [1.54, 1.807) is 4.90 Å². The van der Waals surface area contributed by atoms with Crippen LogP contribution in [0.4, 0.5) is 0 Å². The molecule has 2 amide bonds. The van der Waals surface area contributed by atoms with E-state index >= 15 is 0 Å². The van der Waals surface area contributed by atoms with Gasteiger partial charge in [0.25, 0.3) is 0 Å². The number of benzene rings is 1. The molecule has 0 spiro atoms. The van der Waals surface area contributed by atoms with Crippen LogP contribution in [0.3, 0.4) is 0 Å². The standard InChI is InChI=1S/C19H28N2O2/c1-3-18(22)21(14-13-16-9-5-4-6-10-16)15(2)19(23)20-17-11-7-8-12-17/h4-6,9-10,15,17H,3,7-8,11-14H2,1-2H3,(H,20,23). The molecule has 126 valence electrons. The minimum atomic E-state index is -0.410. The Morgan fingerprint density at radius 2 is 1.87 bits per heavy atom. The molecule has 1 atom stereocenters. The molecule has 1 aromatic carbocycles. The topological polar surface area (TPSA) is 49.4 Å². The van der Waals surface area contributed by atoms with E-state index in [0.717, 1.165) is 19.3 Å². The van der Waals surface area contributed by atoms with Gasteiger partial charge in [-0.05, 0) is 31.7 Å². The average molecular weight is 316 g/mol. The second kappa shape index (κ2) is 8.70. The van der Waals surface area contributed by atoms with Crippen LogP contribution in [0, 0.1) is 0 Å². The number of amides is 2. The fourth-order valence-corrected chi connectivity index (χ4v) is 3.17. The molecule has 4 heteroatoms. The maximum Gasteiger partial charge on any atom is 0.242 e. The Morgan fingerprint density at radius 1 is 1.22 bits per heavy atom. The molecule has 1 fully saturated rings. The van der Waals surface area contributed by atoms with Crippen molar-refractivity contribution in [3.05, 3.63) is 35.9 Å². The highest BCUT2D eigenvalue weighted by Crippen LogP contribution is 2.18. The van der Waals surface area contributed by atoms with Crippen LogP contribution in [-0.2, 0) is 16.0 Å². The van der Waals surface area contributed by atoms with Gasteiger partial charge >= 0.3 is 0 Å². The van der Waals surface area contributed by atoms with Crippen molar-refractivity contribution in [1.82, 2.24) is 10.2 Å². The predicted molar refractivity (Wildman–Crippen MR) is 92.0 cm³/mol. The van der Waals surface area contributed by atoms with Gasteiger partial charge in [0, 0.05) is 19.0 Å². The summed E-state index contributed by atoms with van der Waals surface area (Å²) in [5.41, 5.74) is 1.19. The molecule has 1 saturated carbocycles. The van der Waals surface area contributed by atoms with E-state index in [9.17, 15) is 9.59 Å². The highest BCUT2D eigenvalue weighted by molar-refractivity contribution is 5.87. The maximum atomic E-state index is 12.5. The van der Waals surface area contributed by atoms with Crippen molar-refractivity contribution in [2.45, 2.75) is 64.5 Å². The minimum absolute atomic E-state index is 0.0215. The zero-order chi connectivity index (χ0) is 16.7. The molecule has 1 aliphatic carbocycles. The summed E-state index contributed by atoms with van der Waals surface area (Å²) in [5.74, 6) is 0.0155. The second-order valence-corrected chi connectivity index (χ2v) is 6.34. The molecule has 0 radical (unpaired) electrons. The largest absolute Gasteiger partial charge is 0.352 e. The fourth-order valence-electron chi connectivity index (χ4n) is 3.17. The van der Waals surface area contributed by atoms with Crippen LogP contribution in [0.5, 0.6) is 0 Å². The van der Waals surface area contributed by atoms with Gasteiger partial charge in [-0.3, -0.25) is 9.59 Å². The first kappa shape index (κ1) is 17.5. The van der Waals surface area contributed by atoms with Crippen LogP contribution in [0.2, 0.25) is 0 Å². The maximum absolute atomic E-state index is 12.5. The quantitative estimate of drug-likeness (QED) is 0.841. The highest BCUT2D eigenvalue weighted by Gasteiger charge is 2.27. The van der Waals surface area contributed by atoms with Crippen molar-refractivity contribution >= 4 is 11.8 Å². The lowest BCUT2D eigenvalue weighted by molar-refractivity contribution is -0.139. The summed E-state index contributed by atoms with van der Waals surface area (Å²) < 4.78 is 0. The van der Waals surface area contributed by atoms with Gasteiger partial charge in [-0.15, -0.1) is 0 Å². The van der Waals surface area contributed by atoms with Crippen molar-refractivity contribution < 1.29 is 9.59 Å². The van der Waals surface area contributed by atoms with Gasteiger partial charge in [0.05, 0.1) is 0 Å². The van der Waals surface area contributed by atoms with Gasteiger partial charge in [0.2, 0.25) is 11.8 Å². The molecule has 2 rings (SSSR count). The molecule has 1 unspecified atom stereocenters. The third-order valence-corrected chi connectivity index (χ3v) is 4.66. The molecule has 4 nitrogen and oxygen atoms in total. The van der Waals surface area contributed by atoms with Gasteiger partial charge < -0.3 is 10.2 Å². The normalized spacial score (nSPS) is 16.1. The number of hydrogen-bond acceptors (Lipinski definition) is 2. The zero-order valence-corrected chi connectivity index (χ0v) is 14.3. The van der Waals surface area contributed by atoms with Gasteiger partial charge in [-0.1, -0.05) is 50.1 Å². The van der Waals surface area contributed by atoms with Gasteiger partial charge in [0.1, 0.15) is 6.04 Å². The van der Waals surface area contributed by atoms with Gasteiger partial charge in [-0.25, -0.2) is 0 Å². The number of nitrogens with zero attached hydrogens (tertiary/aromatic N) is 1. The first-order valence-corrected chi connectivity index (χ1v) is 8.75. The zero-order valence-electron chi connectivity index (χ0n) is 14.3. The Labute approximate surface area is 139 Å². The lowest BCUT2D eigenvalue weighted by atomic mass is 10.1. The van der Waals surface area contributed by atoms with E-state index < -0.39 is 6.04 Å². The number of carbonyl (C=O) groups excluding carboxylic acids is 2. The summed E-state index contributed by atoms with van der Waals surface area (Å²) >= 11 is 0. The predicted octanol–water partition coefficient (Wildman–Crippen LogP) is 2.92. The van der Waals surface area contributed by atoms with Crippen LogP contribution in [0.1, 0.15) is 51.5 Å². The number of nitrogens with one attached hydrogen (secondary N) is 1. The number of rotatable bonds is 7. The van der Waals surface area contributed by atoms with E-state index in [-0.39, 0.29) is 17.9 Å². The molecule has 1 aliphatic rings. The lowest BCUT2D eigenvalue weighted by Crippen LogP contribution is -2.50. The van der Waals surface area contributed by atoms with Crippen molar-refractivity contribution in [2.75, 3.05) is 6.54 Å². The Morgan fingerprint density at radius 3 is 2.48 bits per heavy atom. The molecule has 0 bridgehead atoms. The summed E-state index contributed by atoms with van der Waals surface area (Å²) in [6.07, 6.45) is 5.69. The molecule has 23 heavy (non-hydrogen) atoms. The van der Waals surface area contributed by atoms with Gasteiger partial charge in [0.15, 0.2) is 0 Å². The van der Waals surface area contributed by atoms with E-state index in [4.69, 9.17) is 0 Å². The van der Waals surface area contributed by atoms with E-state index in [1.807, 2.05) is 32.0 Å². The van der Waals surface area contributed by atoms with Crippen molar-refractivity contribution in [1.29, 1.82) is 0 Å². The minimum Gasteiger partial charge on any atom is -0.352 e. The van der Waals surface area contributed by atoms with Crippen LogP contribution in [-0.4, -0.2) is 35.3 Å². The monoisotopic (exact) mass is 316 g/mol. The molecule has 0 aromatic heterocycles. The molecular weight excluding hydrogens is 288 g/mol. The first-order valence-electron chi connectivity index (χ1n) is 8.75. The smallest absolute Gasteiger partial charge is 0.242 e. The lowest BCUT2D eigenvalue weighted by Gasteiger charge is -2.29. The first-order chi connectivity index (χ1) is 11.1. The van der Waals surface area contributed by atoms with Crippen LogP contribution < -0.4 is 5.32 Å². The molecule has 0 aliphatic heterocycles.